The normalized spacial score (nSPS) is 33.3. The summed E-state index contributed by atoms with van der Waals surface area (Å²) in [6.45, 7) is 9.00. The molecular weight excluding hydrogens is 284 g/mol. The molecule has 0 spiro atoms. The molecule has 5 heteroatoms. The van der Waals surface area contributed by atoms with Crippen LogP contribution < -0.4 is 10.2 Å². The molecule has 0 aromatic carbocycles. The number of nitrogens with zero attached hydrogens (tertiary/aromatic N) is 1. The molecule has 2 aliphatic rings. The Morgan fingerprint density at radius 1 is 1.48 bits per heavy atom. The molecule has 0 saturated heterocycles. The van der Waals surface area contributed by atoms with E-state index in [1.54, 1.807) is 9.95 Å². The second kappa shape index (κ2) is 4.70. The fraction of sp³-hybridized carbons (Fsp3) is 0.750. The number of hydrogen-bond donors (Lipinski definition) is 1. The molecule has 1 aromatic heterocycles. The highest BCUT2D eigenvalue weighted by Crippen LogP contribution is 2.65. The van der Waals surface area contributed by atoms with Crippen molar-refractivity contribution >= 4 is 17.2 Å². The fourth-order valence-corrected chi connectivity index (χ4v) is 5.14. The van der Waals surface area contributed by atoms with Crippen LogP contribution in [-0.4, -0.2) is 16.5 Å². The van der Waals surface area contributed by atoms with E-state index in [4.69, 9.17) is 0 Å². The maximum absolute atomic E-state index is 12.3. The van der Waals surface area contributed by atoms with E-state index in [9.17, 15) is 9.59 Å². The number of aromatic nitrogens is 1. The first-order valence-corrected chi connectivity index (χ1v) is 8.58. The fourth-order valence-electron chi connectivity index (χ4n) is 4.40. The van der Waals surface area contributed by atoms with Crippen LogP contribution in [0.3, 0.4) is 0 Å². The lowest BCUT2D eigenvalue weighted by molar-refractivity contribution is -0.123. The van der Waals surface area contributed by atoms with Gasteiger partial charge in [-0.1, -0.05) is 32.1 Å². The first kappa shape index (κ1) is 14.8. The van der Waals surface area contributed by atoms with Gasteiger partial charge in [0.1, 0.15) is 6.54 Å². The molecule has 2 bridgehead atoms. The third-order valence-electron chi connectivity index (χ3n) is 6.41. The van der Waals surface area contributed by atoms with Crippen LogP contribution in [0.4, 0.5) is 0 Å². The van der Waals surface area contributed by atoms with Crippen molar-refractivity contribution in [2.75, 3.05) is 0 Å². The van der Waals surface area contributed by atoms with E-state index < -0.39 is 0 Å². The molecule has 3 atom stereocenters. The Labute approximate surface area is 129 Å². The number of hydrogen-bond acceptors (Lipinski definition) is 3. The lowest BCUT2D eigenvalue weighted by atomic mass is 9.69. The van der Waals surface area contributed by atoms with Crippen molar-refractivity contribution < 1.29 is 4.79 Å². The number of carbonyl (C=O) groups excluding carboxylic acids is 1. The summed E-state index contributed by atoms with van der Waals surface area (Å²) in [6, 6.07) is 0.244. The molecule has 116 valence electrons. The maximum atomic E-state index is 12.3. The van der Waals surface area contributed by atoms with Gasteiger partial charge in [0.05, 0.1) is 0 Å². The van der Waals surface area contributed by atoms with Gasteiger partial charge in [-0.15, -0.1) is 0 Å². The second-order valence-corrected chi connectivity index (χ2v) is 8.28. The third kappa shape index (κ3) is 2.08. The van der Waals surface area contributed by atoms with Crippen molar-refractivity contribution in [1.82, 2.24) is 9.88 Å². The number of thiazole rings is 1. The predicted octanol–water partition coefficient (Wildman–Crippen LogP) is 2.55. The molecule has 1 N–H and O–H groups in total. The molecular formula is C16H24N2O2S. The molecule has 4 nitrogen and oxygen atoms in total. The number of nitrogens with one attached hydrogen (secondary N) is 1. The van der Waals surface area contributed by atoms with E-state index in [0.717, 1.165) is 23.5 Å². The summed E-state index contributed by atoms with van der Waals surface area (Å²) < 4.78 is 1.56. The van der Waals surface area contributed by atoms with Crippen molar-refractivity contribution in [2.45, 2.75) is 59.5 Å². The summed E-state index contributed by atoms with van der Waals surface area (Å²) in [6.07, 6.45) is 3.54. The Bertz CT molecular complexity index is 630. The Morgan fingerprint density at radius 3 is 2.67 bits per heavy atom. The number of fused-ring (bicyclic) bond motifs is 2. The second-order valence-electron chi connectivity index (χ2n) is 7.46. The van der Waals surface area contributed by atoms with Crippen LogP contribution in [0.25, 0.3) is 0 Å². The van der Waals surface area contributed by atoms with Crippen molar-refractivity contribution in [3.8, 4) is 0 Å². The van der Waals surface area contributed by atoms with Gasteiger partial charge in [0, 0.05) is 17.1 Å². The van der Waals surface area contributed by atoms with E-state index >= 15 is 0 Å². The molecule has 1 heterocycles. The lowest BCUT2D eigenvalue weighted by Gasteiger charge is -2.39. The summed E-state index contributed by atoms with van der Waals surface area (Å²) >= 11 is 1.15. The summed E-state index contributed by atoms with van der Waals surface area (Å²) in [5, 5.41) is 5.01. The van der Waals surface area contributed by atoms with Crippen LogP contribution in [0.15, 0.2) is 10.2 Å². The van der Waals surface area contributed by atoms with E-state index in [0.29, 0.717) is 11.3 Å². The minimum atomic E-state index is -0.0536. The number of amides is 1. The molecule has 2 fully saturated rings. The summed E-state index contributed by atoms with van der Waals surface area (Å²) in [5.41, 5.74) is 1.34. The van der Waals surface area contributed by atoms with E-state index in [1.165, 1.54) is 12.8 Å². The summed E-state index contributed by atoms with van der Waals surface area (Å²) in [7, 11) is 0. The Kier molecular flexibility index (Phi) is 3.32. The van der Waals surface area contributed by atoms with Crippen LogP contribution in [0.2, 0.25) is 0 Å². The van der Waals surface area contributed by atoms with Crippen LogP contribution in [-0.2, 0) is 11.3 Å². The van der Waals surface area contributed by atoms with Crippen molar-refractivity contribution in [3.63, 3.8) is 0 Å². The topological polar surface area (TPSA) is 51.1 Å². The van der Waals surface area contributed by atoms with E-state index in [-0.39, 0.29) is 28.8 Å². The maximum Gasteiger partial charge on any atom is 0.307 e. The molecule has 0 aliphatic heterocycles. The summed E-state index contributed by atoms with van der Waals surface area (Å²) in [5.74, 6) is 0.673. The van der Waals surface area contributed by atoms with Gasteiger partial charge in [-0.3, -0.25) is 14.2 Å². The Hall–Kier alpha value is -1.10. The summed E-state index contributed by atoms with van der Waals surface area (Å²) in [4.78, 5) is 24.0. The molecule has 2 saturated carbocycles. The molecule has 2 aliphatic carbocycles. The zero-order chi connectivity index (χ0) is 15.4. The van der Waals surface area contributed by atoms with Gasteiger partial charge < -0.3 is 5.32 Å². The minimum absolute atomic E-state index is 0.0341. The number of rotatable bonds is 3. The van der Waals surface area contributed by atoms with Crippen molar-refractivity contribution in [2.24, 2.45) is 16.7 Å². The monoisotopic (exact) mass is 308 g/mol. The van der Waals surface area contributed by atoms with Crippen molar-refractivity contribution in [3.05, 3.63) is 20.7 Å². The van der Waals surface area contributed by atoms with Gasteiger partial charge in [-0.25, -0.2) is 0 Å². The average molecular weight is 308 g/mol. The molecule has 1 amide bonds. The van der Waals surface area contributed by atoms with Gasteiger partial charge in [0.25, 0.3) is 0 Å². The van der Waals surface area contributed by atoms with Gasteiger partial charge in [-0.05, 0) is 42.9 Å². The SMILES string of the molecule is Cc1csc(=O)n1CC(=O)N[C@@H]1C[C@@H]2CC[C@]1(C)C2(C)C. The average Bonchev–Trinajstić information content (AvgIpc) is 2.89. The predicted molar refractivity (Wildman–Crippen MR) is 84.5 cm³/mol. The number of carbonyl (C=O) groups is 1. The Balaban J connectivity index is 1.71. The first-order valence-electron chi connectivity index (χ1n) is 7.70. The molecule has 0 unspecified atom stereocenters. The molecule has 21 heavy (non-hydrogen) atoms. The van der Waals surface area contributed by atoms with Crippen molar-refractivity contribution in [1.29, 1.82) is 0 Å². The Morgan fingerprint density at radius 2 is 2.19 bits per heavy atom. The van der Waals surface area contributed by atoms with E-state index in [2.05, 4.69) is 26.1 Å². The van der Waals surface area contributed by atoms with Crippen LogP contribution in [0, 0.1) is 23.7 Å². The largest absolute Gasteiger partial charge is 0.351 e. The zero-order valence-electron chi connectivity index (χ0n) is 13.2. The molecule has 3 rings (SSSR count). The zero-order valence-corrected chi connectivity index (χ0v) is 14.0. The molecule has 0 radical (unpaired) electrons. The standard InChI is InChI=1S/C16H24N2O2S/c1-10-9-21-14(20)18(10)8-13(19)17-12-7-11-5-6-16(12,4)15(11,2)3/h9,11-12H,5-8H2,1-4H3,(H,17,19)/t11-,12+,16-/m0/s1. The van der Waals surface area contributed by atoms with Crippen LogP contribution in [0.1, 0.15) is 45.7 Å². The highest BCUT2D eigenvalue weighted by atomic mass is 32.1. The van der Waals surface area contributed by atoms with Crippen LogP contribution in [0.5, 0.6) is 0 Å². The van der Waals surface area contributed by atoms with Gasteiger partial charge in [0.15, 0.2) is 0 Å². The van der Waals surface area contributed by atoms with Gasteiger partial charge in [0.2, 0.25) is 5.91 Å². The number of aryl methyl sites for hydroxylation is 1. The van der Waals surface area contributed by atoms with E-state index in [1.807, 2.05) is 6.92 Å². The smallest absolute Gasteiger partial charge is 0.307 e. The first-order chi connectivity index (χ1) is 9.75. The highest BCUT2D eigenvalue weighted by Gasteiger charge is 2.61. The molecule has 1 aromatic rings. The quantitative estimate of drug-likeness (QED) is 0.933. The third-order valence-corrected chi connectivity index (χ3v) is 7.29. The van der Waals surface area contributed by atoms with Gasteiger partial charge >= 0.3 is 4.87 Å². The van der Waals surface area contributed by atoms with Gasteiger partial charge in [-0.2, -0.15) is 0 Å². The minimum Gasteiger partial charge on any atom is -0.351 e. The lowest BCUT2D eigenvalue weighted by Crippen LogP contribution is -2.48. The van der Waals surface area contributed by atoms with Crippen LogP contribution >= 0.6 is 11.3 Å². The highest BCUT2D eigenvalue weighted by molar-refractivity contribution is 7.07.